The van der Waals surface area contributed by atoms with Gasteiger partial charge in [0.2, 0.25) is 0 Å². The van der Waals surface area contributed by atoms with E-state index in [1.165, 1.54) is 23.9 Å². The zero-order valence-corrected chi connectivity index (χ0v) is 41.4. The van der Waals surface area contributed by atoms with Crippen LogP contribution in [0.4, 0.5) is 0 Å². The second-order valence-corrected chi connectivity index (χ2v) is 18.5. The van der Waals surface area contributed by atoms with Crippen molar-refractivity contribution >= 4 is 27.3 Å². The zero-order chi connectivity index (χ0) is 46.8. The molecule has 10 aromatic rings. The van der Waals surface area contributed by atoms with Gasteiger partial charge in [-0.15, -0.1) is 59.0 Å². The molecule has 0 saturated heterocycles. The van der Waals surface area contributed by atoms with Crippen LogP contribution in [0.1, 0.15) is 45.2 Å². The van der Waals surface area contributed by atoms with Gasteiger partial charge in [-0.3, -0.25) is 4.79 Å². The van der Waals surface area contributed by atoms with Gasteiger partial charge in [0.25, 0.3) is 0 Å². The molecule has 339 valence electrons. The fourth-order valence-electron chi connectivity index (χ4n) is 9.47. The maximum absolute atomic E-state index is 12.8. The molecular formula is C64H50IrN2O2-2. The van der Waals surface area contributed by atoms with Crippen LogP contribution in [-0.2, 0) is 36.7 Å². The first-order valence-corrected chi connectivity index (χ1v) is 23.2. The summed E-state index contributed by atoms with van der Waals surface area (Å²) in [6.45, 7) is 8.22. The van der Waals surface area contributed by atoms with E-state index in [4.69, 9.17) is 9.97 Å². The third kappa shape index (κ3) is 9.76. The Morgan fingerprint density at radius 2 is 1.14 bits per heavy atom. The smallest absolute Gasteiger partial charge is 0.159 e. The number of aryl methyl sites for hydroxylation is 1. The number of ketones is 1. The quantitative estimate of drug-likeness (QED) is 0.0796. The van der Waals surface area contributed by atoms with Gasteiger partial charge in [0, 0.05) is 45.0 Å². The zero-order valence-electron chi connectivity index (χ0n) is 39.0. The minimum Gasteiger partial charge on any atom is -0.512 e. The molecule has 0 spiro atoms. The Hall–Kier alpha value is -7.56. The Morgan fingerprint density at radius 3 is 1.77 bits per heavy atom. The summed E-state index contributed by atoms with van der Waals surface area (Å²) >= 11 is 0. The molecule has 0 aliphatic rings. The summed E-state index contributed by atoms with van der Waals surface area (Å²) in [7, 11) is 0. The maximum Gasteiger partial charge on any atom is 0.159 e. The summed E-state index contributed by atoms with van der Waals surface area (Å²) in [6.07, 6.45) is 6.11. The molecule has 0 aliphatic carbocycles. The molecule has 1 radical (unpaired) electrons. The van der Waals surface area contributed by atoms with Crippen LogP contribution < -0.4 is 0 Å². The van der Waals surface area contributed by atoms with Crippen LogP contribution in [0.25, 0.3) is 99.7 Å². The van der Waals surface area contributed by atoms with Crippen molar-refractivity contribution in [2.45, 2.75) is 46.0 Å². The molecule has 69 heavy (non-hydrogen) atoms. The minimum absolute atomic E-state index is 0. The SMILES string of the molecule is C/C(O)=C/C(=O)CCc1ccccc1-c1cc(-c2ccccc2-c2c[c-]c(-c3ncc(C(C)(C)C)c4ccccc34)cc2)cc(-c2ccccc2-c2ccc(-c3[c-]ccc4ccccc34)nc2)c1.[Ir]. The second-order valence-electron chi connectivity index (χ2n) is 18.5. The predicted octanol–water partition coefficient (Wildman–Crippen LogP) is 16.3. The number of benzene rings is 8. The minimum atomic E-state index is -0.108. The van der Waals surface area contributed by atoms with Crippen molar-refractivity contribution in [2.75, 3.05) is 0 Å². The van der Waals surface area contributed by atoms with Gasteiger partial charge in [0.05, 0.1) is 5.76 Å². The summed E-state index contributed by atoms with van der Waals surface area (Å²) in [6, 6.07) is 70.9. The molecule has 0 aliphatic heterocycles. The Balaban J connectivity index is 0.00000593. The molecule has 0 bridgehead atoms. The molecule has 8 aromatic carbocycles. The molecule has 2 aromatic heterocycles. The summed E-state index contributed by atoms with van der Waals surface area (Å²) in [5.74, 6) is -0.0920. The molecule has 0 fully saturated rings. The largest absolute Gasteiger partial charge is 0.512 e. The molecular weight excluding hydrogens is 1020 g/mol. The van der Waals surface area contributed by atoms with Crippen LogP contribution in [0, 0.1) is 12.1 Å². The number of fused-ring (bicyclic) bond motifs is 2. The third-order valence-corrected chi connectivity index (χ3v) is 12.8. The fourth-order valence-corrected chi connectivity index (χ4v) is 9.47. The summed E-state index contributed by atoms with van der Waals surface area (Å²) < 4.78 is 0. The number of hydrogen-bond acceptors (Lipinski definition) is 4. The Morgan fingerprint density at radius 1 is 0.580 bits per heavy atom. The van der Waals surface area contributed by atoms with Crippen LogP contribution in [0.3, 0.4) is 0 Å². The Labute approximate surface area is 418 Å². The normalized spacial score (nSPS) is 11.7. The van der Waals surface area contributed by atoms with Crippen molar-refractivity contribution in [1.82, 2.24) is 9.97 Å². The van der Waals surface area contributed by atoms with Crippen LogP contribution in [0.15, 0.2) is 206 Å². The summed E-state index contributed by atoms with van der Waals surface area (Å²) in [5, 5.41) is 14.4. The van der Waals surface area contributed by atoms with E-state index < -0.39 is 0 Å². The first kappa shape index (κ1) is 46.5. The van der Waals surface area contributed by atoms with Crippen LogP contribution >= 0.6 is 0 Å². The van der Waals surface area contributed by atoms with E-state index in [0.29, 0.717) is 6.42 Å². The number of pyridine rings is 2. The number of hydrogen-bond donors (Lipinski definition) is 1. The maximum atomic E-state index is 12.8. The van der Waals surface area contributed by atoms with Gasteiger partial charge in [-0.05, 0) is 115 Å². The van der Waals surface area contributed by atoms with Crippen LogP contribution in [0.2, 0.25) is 0 Å². The Kier molecular flexibility index (Phi) is 13.5. The van der Waals surface area contributed by atoms with Crippen LogP contribution in [-0.4, -0.2) is 20.9 Å². The van der Waals surface area contributed by atoms with E-state index in [1.54, 1.807) is 0 Å². The molecule has 2 heterocycles. The van der Waals surface area contributed by atoms with Crippen molar-refractivity contribution in [3.05, 3.63) is 229 Å². The van der Waals surface area contributed by atoms with Gasteiger partial charge in [0.1, 0.15) is 0 Å². The third-order valence-electron chi connectivity index (χ3n) is 12.8. The van der Waals surface area contributed by atoms with Gasteiger partial charge in [-0.2, -0.15) is 0 Å². The van der Waals surface area contributed by atoms with Gasteiger partial charge in [-0.25, -0.2) is 0 Å². The first-order chi connectivity index (χ1) is 33.1. The van der Waals surface area contributed by atoms with Crippen LogP contribution in [0.5, 0.6) is 0 Å². The van der Waals surface area contributed by atoms with E-state index >= 15 is 0 Å². The van der Waals surface area contributed by atoms with E-state index in [1.807, 2.05) is 24.5 Å². The van der Waals surface area contributed by atoms with Crippen molar-refractivity contribution in [1.29, 1.82) is 0 Å². The molecule has 5 heteroatoms. The van der Waals surface area contributed by atoms with Crippen molar-refractivity contribution < 1.29 is 30.0 Å². The molecule has 1 N–H and O–H groups in total. The molecule has 10 rings (SSSR count). The summed E-state index contributed by atoms with van der Waals surface area (Å²) in [4.78, 5) is 22.9. The van der Waals surface area contributed by atoms with Gasteiger partial charge in [-0.1, -0.05) is 171 Å². The number of carbonyl (C=O) groups is 1. The topological polar surface area (TPSA) is 63.1 Å². The molecule has 0 unspecified atom stereocenters. The molecule has 0 atom stereocenters. The van der Waals surface area contributed by atoms with E-state index in [2.05, 4.69) is 203 Å². The molecule has 0 saturated carbocycles. The molecule has 0 amide bonds. The number of aliphatic hydroxyl groups excluding tert-OH is 1. The fraction of sp³-hybridized carbons (Fsp3) is 0.109. The van der Waals surface area contributed by atoms with Gasteiger partial charge >= 0.3 is 0 Å². The molecule has 4 nitrogen and oxygen atoms in total. The standard InChI is InChI=1S/C64H50N2O2.Ir/c1-42(67)36-51(68)34-32-44-17-5-7-19-52(44)48-37-49(39-50(38-48)57-24-12-10-22-55(57)47-33-35-62(65-40-47)59-27-15-18-43-16-6-8-21-54(43)59)56-23-11-9-20-53(56)45-28-30-46(31-29-45)63-60-26-14-13-25-58(60)61(41-66-63)64(2,3)4;/h5-26,28-30,33,35-41,67H,32,34H2,1-4H3;/q-2;/b42-36-;. The number of aliphatic hydroxyl groups is 1. The average Bonchev–Trinajstić information content (AvgIpc) is 3.37. The van der Waals surface area contributed by atoms with Crippen molar-refractivity contribution in [3.63, 3.8) is 0 Å². The number of nitrogens with zero attached hydrogens (tertiary/aromatic N) is 2. The number of carbonyl (C=O) groups excluding carboxylic acids is 1. The monoisotopic (exact) mass is 1070 g/mol. The van der Waals surface area contributed by atoms with E-state index in [-0.39, 0.29) is 43.5 Å². The van der Waals surface area contributed by atoms with E-state index in [9.17, 15) is 9.90 Å². The summed E-state index contributed by atoms with van der Waals surface area (Å²) in [5.41, 5.74) is 16.5. The van der Waals surface area contributed by atoms with Crippen molar-refractivity contribution in [3.8, 4) is 78.1 Å². The number of allylic oxidation sites excluding steroid dienone is 2. The van der Waals surface area contributed by atoms with E-state index in [0.717, 1.165) is 99.9 Å². The first-order valence-electron chi connectivity index (χ1n) is 23.2. The second kappa shape index (κ2) is 20.0. The predicted molar refractivity (Wildman–Crippen MR) is 281 cm³/mol. The number of aromatic nitrogens is 2. The van der Waals surface area contributed by atoms with Crippen molar-refractivity contribution in [2.24, 2.45) is 0 Å². The van der Waals surface area contributed by atoms with Gasteiger partial charge in [0.15, 0.2) is 5.78 Å². The van der Waals surface area contributed by atoms with Gasteiger partial charge < -0.3 is 15.1 Å². The number of rotatable bonds is 11. The average molecular weight is 1070 g/mol. The Bertz CT molecular complexity index is 3520.